The number of aromatic amines is 1. The molecule has 2 saturated heterocycles. The van der Waals surface area contributed by atoms with Gasteiger partial charge in [-0.2, -0.15) is 0 Å². The van der Waals surface area contributed by atoms with Gasteiger partial charge in [0.1, 0.15) is 10.9 Å². The van der Waals surface area contributed by atoms with Crippen LogP contribution in [0.15, 0.2) is 24.5 Å². The molecular weight excluding hydrogens is 402 g/mol. The first-order chi connectivity index (χ1) is 14.1. The van der Waals surface area contributed by atoms with Crippen LogP contribution in [0.5, 0.6) is 0 Å². The van der Waals surface area contributed by atoms with Crippen molar-refractivity contribution in [3.8, 4) is 0 Å². The van der Waals surface area contributed by atoms with Gasteiger partial charge >= 0.3 is 6.03 Å². The van der Waals surface area contributed by atoms with E-state index in [0.29, 0.717) is 19.0 Å². The van der Waals surface area contributed by atoms with Crippen LogP contribution in [-0.4, -0.2) is 82.5 Å². The van der Waals surface area contributed by atoms with Crippen LogP contribution in [0, 0.1) is 0 Å². The molecule has 0 unspecified atom stereocenters. The fourth-order valence-corrected chi connectivity index (χ4v) is 6.11. The molecule has 2 aromatic rings. The topological polar surface area (TPSA) is 89.6 Å². The summed E-state index contributed by atoms with van der Waals surface area (Å²) >= 11 is 0. The monoisotopic (exact) mass is 433 g/mol. The Labute approximate surface area is 178 Å². The third-order valence-corrected chi connectivity index (χ3v) is 8.80. The van der Waals surface area contributed by atoms with E-state index in [4.69, 9.17) is 0 Å². The minimum atomic E-state index is -3.39. The lowest BCUT2D eigenvalue weighted by Crippen LogP contribution is -2.63. The molecule has 0 radical (unpaired) electrons. The van der Waals surface area contributed by atoms with E-state index < -0.39 is 15.3 Å². The average Bonchev–Trinajstić information content (AvgIpc) is 3.09. The number of nitrogens with zero attached hydrogens (tertiary/aromatic N) is 4. The molecule has 4 rings (SSSR count). The zero-order chi connectivity index (χ0) is 21.7. The van der Waals surface area contributed by atoms with Crippen molar-refractivity contribution in [2.75, 3.05) is 33.2 Å². The molecular formula is C21H31N5O3S. The second-order valence-corrected chi connectivity index (χ2v) is 11.6. The molecule has 9 heteroatoms. The Morgan fingerprint density at radius 2 is 1.90 bits per heavy atom. The lowest BCUT2D eigenvalue weighted by molar-refractivity contribution is 0.105. The van der Waals surface area contributed by atoms with Crippen LogP contribution in [0.2, 0.25) is 0 Å². The predicted octanol–water partition coefficient (Wildman–Crippen LogP) is 2.61. The van der Waals surface area contributed by atoms with Crippen molar-refractivity contribution in [2.24, 2.45) is 0 Å². The number of urea groups is 1. The van der Waals surface area contributed by atoms with Gasteiger partial charge < -0.3 is 14.8 Å². The van der Waals surface area contributed by atoms with E-state index in [0.717, 1.165) is 23.9 Å². The fourth-order valence-electron chi connectivity index (χ4n) is 4.23. The highest BCUT2D eigenvalue weighted by Crippen LogP contribution is 2.34. The van der Waals surface area contributed by atoms with E-state index in [1.54, 1.807) is 27.3 Å². The molecule has 1 N–H and O–H groups in total. The smallest absolute Gasteiger partial charge is 0.320 e. The molecule has 4 heterocycles. The molecule has 0 bridgehead atoms. The molecule has 8 nitrogen and oxygen atoms in total. The van der Waals surface area contributed by atoms with Gasteiger partial charge in [0, 0.05) is 56.5 Å². The highest BCUT2D eigenvalue weighted by Gasteiger charge is 2.45. The lowest BCUT2D eigenvalue weighted by Gasteiger charge is -2.45. The molecule has 2 aliphatic rings. The maximum atomic E-state index is 13.1. The summed E-state index contributed by atoms with van der Waals surface area (Å²) in [7, 11) is -1.63. The molecule has 164 valence electrons. The molecule has 0 spiro atoms. The molecule has 0 aliphatic carbocycles. The number of carbonyl (C=O) groups is 1. The van der Waals surface area contributed by atoms with E-state index in [1.807, 2.05) is 33.0 Å². The van der Waals surface area contributed by atoms with Crippen molar-refractivity contribution in [1.82, 2.24) is 24.1 Å². The summed E-state index contributed by atoms with van der Waals surface area (Å²) in [5.74, 6) is 0.328. The van der Waals surface area contributed by atoms with Crippen LogP contribution in [0.1, 0.15) is 45.1 Å². The number of pyridine rings is 1. The number of nitrogens with one attached hydrogen (secondary N) is 1. The molecule has 30 heavy (non-hydrogen) atoms. The van der Waals surface area contributed by atoms with E-state index in [2.05, 4.69) is 16.0 Å². The van der Waals surface area contributed by atoms with Gasteiger partial charge in [-0.3, -0.25) is 0 Å². The largest absolute Gasteiger partial charge is 0.346 e. The zero-order valence-corrected chi connectivity index (χ0v) is 18.9. The van der Waals surface area contributed by atoms with Gasteiger partial charge in [-0.25, -0.2) is 22.5 Å². The maximum absolute atomic E-state index is 13.1. The number of hydrogen-bond acceptors (Lipinski definition) is 4. The maximum Gasteiger partial charge on any atom is 0.320 e. The Morgan fingerprint density at radius 1 is 1.23 bits per heavy atom. The first-order valence-electron chi connectivity index (χ1n) is 10.5. The Morgan fingerprint density at radius 3 is 2.53 bits per heavy atom. The SMILES string of the molecule is CN(C(=O)N1CC(S(=O)(=O)N2CCC(c3c[nH]c4ncccc34)CC2)C1)C(C)(C)C. The Kier molecular flexibility index (Phi) is 5.30. The van der Waals surface area contributed by atoms with Crippen molar-refractivity contribution < 1.29 is 13.2 Å². The van der Waals surface area contributed by atoms with Crippen LogP contribution < -0.4 is 0 Å². The second kappa shape index (κ2) is 7.53. The number of amides is 2. The van der Waals surface area contributed by atoms with Gasteiger partial charge in [0.15, 0.2) is 0 Å². The van der Waals surface area contributed by atoms with Crippen LogP contribution >= 0.6 is 0 Å². The van der Waals surface area contributed by atoms with Gasteiger partial charge in [0.05, 0.1) is 0 Å². The summed E-state index contributed by atoms with van der Waals surface area (Å²) < 4.78 is 27.8. The average molecular weight is 434 g/mol. The van der Waals surface area contributed by atoms with Gasteiger partial charge in [-0.15, -0.1) is 0 Å². The van der Waals surface area contributed by atoms with Crippen molar-refractivity contribution in [1.29, 1.82) is 0 Å². The summed E-state index contributed by atoms with van der Waals surface area (Å²) in [6, 6.07) is 3.88. The summed E-state index contributed by atoms with van der Waals surface area (Å²) in [6.45, 7) is 7.48. The minimum Gasteiger partial charge on any atom is -0.346 e. The molecule has 2 amide bonds. The lowest BCUT2D eigenvalue weighted by atomic mass is 9.90. The summed E-state index contributed by atoms with van der Waals surface area (Å²) in [6.07, 6.45) is 5.36. The number of H-pyrrole nitrogens is 1. The van der Waals surface area contributed by atoms with Gasteiger partial charge in [0.25, 0.3) is 0 Å². The number of piperidine rings is 1. The molecule has 0 saturated carbocycles. The number of hydrogen-bond donors (Lipinski definition) is 1. The van der Waals surface area contributed by atoms with Crippen molar-refractivity contribution in [2.45, 2.75) is 50.3 Å². The van der Waals surface area contributed by atoms with E-state index >= 15 is 0 Å². The highest BCUT2D eigenvalue weighted by molar-refractivity contribution is 7.89. The van der Waals surface area contributed by atoms with Crippen molar-refractivity contribution >= 4 is 27.1 Å². The molecule has 2 fully saturated rings. The predicted molar refractivity (Wildman–Crippen MR) is 117 cm³/mol. The summed E-state index contributed by atoms with van der Waals surface area (Å²) in [4.78, 5) is 23.4. The third kappa shape index (κ3) is 3.69. The number of carbonyl (C=O) groups excluding carboxylic acids is 1. The first-order valence-corrected chi connectivity index (χ1v) is 12.0. The number of aromatic nitrogens is 2. The number of sulfonamides is 1. The van der Waals surface area contributed by atoms with Crippen LogP contribution in [0.3, 0.4) is 0 Å². The summed E-state index contributed by atoms with van der Waals surface area (Å²) in [5.41, 5.74) is 1.81. The molecule has 0 atom stereocenters. The Hall–Kier alpha value is -2.13. The van der Waals surface area contributed by atoms with Crippen LogP contribution in [0.4, 0.5) is 4.79 Å². The van der Waals surface area contributed by atoms with Crippen LogP contribution in [0.25, 0.3) is 11.0 Å². The quantitative estimate of drug-likeness (QED) is 0.806. The first kappa shape index (κ1) is 21.1. The van der Waals surface area contributed by atoms with Gasteiger partial charge in [0.2, 0.25) is 10.0 Å². The van der Waals surface area contributed by atoms with Crippen LogP contribution in [-0.2, 0) is 10.0 Å². The minimum absolute atomic E-state index is 0.111. The highest BCUT2D eigenvalue weighted by atomic mass is 32.2. The normalized spacial score (nSPS) is 19.8. The third-order valence-electron chi connectivity index (χ3n) is 6.57. The van der Waals surface area contributed by atoms with Crippen molar-refractivity contribution in [3.05, 3.63) is 30.1 Å². The number of rotatable bonds is 3. The van der Waals surface area contributed by atoms with E-state index in [9.17, 15) is 13.2 Å². The fraction of sp³-hybridized carbons (Fsp3) is 0.619. The molecule has 2 aliphatic heterocycles. The van der Waals surface area contributed by atoms with E-state index in [1.165, 1.54) is 5.56 Å². The standard InChI is InChI=1S/C21H31N5O3S/c1-21(2,3)24(4)20(27)25-13-16(14-25)30(28,29)26-10-7-15(8-11-26)18-12-23-19-17(18)6-5-9-22-19/h5-6,9,12,15-16H,7-8,10-11,13-14H2,1-4H3,(H,22,23). The zero-order valence-electron chi connectivity index (χ0n) is 18.1. The van der Waals surface area contributed by atoms with Gasteiger partial charge in [-0.1, -0.05) is 0 Å². The Bertz CT molecular complexity index is 1030. The van der Waals surface area contributed by atoms with Gasteiger partial charge in [-0.05, 0) is 57.2 Å². The second-order valence-electron chi connectivity index (χ2n) is 9.40. The number of likely N-dealkylation sites (tertiary alicyclic amines) is 1. The number of fused-ring (bicyclic) bond motifs is 1. The molecule has 2 aromatic heterocycles. The molecule has 0 aromatic carbocycles. The van der Waals surface area contributed by atoms with Crippen molar-refractivity contribution in [3.63, 3.8) is 0 Å². The Balaban J connectivity index is 1.35. The summed E-state index contributed by atoms with van der Waals surface area (Å²) in [5, 5.41) is 0.624. The van der Waals surface area contributed by atoms with E-state index in [-0.39, 0.29) is 24.7 Å².